The molecule has 0 aliphatic carbocycles. The van der Waals surface area contributed by atoms with Crippen molar-refractivity contribution < 1.29 is 24.2 Å². The molecule has 2 aromatic heterocycles. The van der Waals surface area contributed by atoms with Crippen molar-refractivity contribution in [3.05, 3.63) is 81.4 Å². The SMILES string of the molecule is Cc1c(-c2nc3cc(CN4CCC(C(=O)O)C4)cc(C#N)c3o2)cccc1-c1cccc(-c2nc3c(s2)CN(C(=O)CN2CCC(O)C2)C3)c1C. The molecule has 5 heterocycles. The second kappa shape index (κ2) is 13.3. The normalized spacial score (nSPS) is 19.2. The molecule has 2 N–H and O–H groups in total. The van der Waals surface area contributed by atoms with Crippen LogP contribution in [-0.2, 0) is 29.2 Å². The Morgan fingerprint density at radius 2 is 1.69 bits per heavy atom. The van der Waals surface area contributed by atoms with Gasteiger partial charge in [-0.15, -0.1) is 11.3 Å². The highest BCUT2D eigenvalue weighted by Crippen LogP contribution is 2.40. The number of aliphatic hydroxyl groups is 1. The van der Waals surface area contributed by atoms with Crippen LogP contribution < -0.4 is 0 Å². The molecule has 1 amide bonds. The third-order valence-corrected chi connectivity index (χ3v) is 11.6. The Labute approximate surface area is 299 Å². The second-order valence-electron chi connectivity index (χ2n) is 14.0. The summed E-state index contributed by atoms with van der Waals surface area (Å²) in [5.74, 6) is -0.620. The lowest BCUT2D eigenvalue weighted by molar-refractivity contribution is -0.141. The Hall–Kier alpha value is -4.93. The molecule has 11 nitrogen and oxygen atoms in total. The summed E-state index contributed by atoms with van der Waals surface area (Å²) in [6.07, 6.45) is 0.992. The first-order chi connectivity index (χ1) is 24.6. The van der Waals surface area contributed by atoms with E-state index in [1.165, 1.54) is 0 Å². The highest BCUT2D eigenvalue weighted by Gasteiger charge is 2.31. The van der Waals surface area contributed by atoms with Gasteiger partial charge in [0, 0.05) is 42.2 Å². The molecule has 0 radical (unpaired) electrons. The van der Waals surface area contributed by atoms with E-state index in [-0.39, 0.29) is 17.9 Å². The van der Waals surface area contributed by atoms with Gasteiger partial charge in [-0.3, -0.25) is 19.4 Å². The molecule has 12 heteroatoms. The molecule has 0 bridgehead atoms. The van der Waals surface area contributed by atoms with Crippen LogP contribution in [0, 0.1) is 31.1 Å². The van der Waals surface area contributed by atoms with Gasteiger partial charge in [0.15, 0.2) is 5.58 Å². The number of aliphatic hydroxyl groups excluding tert-OH is 1. The van der Waals surface area contributed by atoms with Crippen LogP contribution in [0.2, 0.25) is 0 Å². The minimum atomic E-state index is -0.768. The minimum Gasteiger partial charge on any atom is -0.481 e. The number of hydrogen-bond donors (Lipinski definition) is 2. The molecule has 0 spiro atoms. The Kier molecular flexibility index (Phi) is 8.68. The number of β-amino-alcohol motifs (C(OH)–C–C–N with tert-alkyl or cyclic N) is 1. The van der Waals surface area contributed by atoms with E-state index in [4.69, 9.17) is 14.4 Å². The summed E-state index contributed by atoms with van der Waals surface area (Å²) < 4.78 is 6.27. The van der Waals surface area contributed by atoms with E-state index in [1.54, 1.807) is 11.3 Å². The van der Waals surface area contributed by atoms with Crippen molar-refractivity contribution in [3.8, 4) is 39.2 Å². The Morgan fingerprint density at radius 1 is 0.961 bits per heavy atom. The van der Waals surface area contributed by atoms with Gasteiger partial charge < -0.3 is 19.5 Å². The number of thiazole rings is 1. The number of benzene rings is 3. The van der Waals surface area contributed by atoms with Gasteiger partial charge in [0.25, 0.3) is 0 Å². The molecule has 2 unspecified atom stereocenters. The zero-order valence-corrected chi connectivity index (χ0v) is 29.4. The third-order valence-electron chi connectivity index (χ3n) is 10.5. The molecule has 51 heavy (non-hydrogen) atoms. The van der Waals surface area contributed by atoms with E-state index < -0.39 is 5.97 Å². The van der Waals surface area contributed by atoms with Gasteiger partial charge in [-0.25, -0.2) is 9.97 Å². The number of nitrogens with zero attached hydrogens (tertiary/aromatic N) is 6. The number of likely N-dealkylation sites (tertiary alicyclic amines) is 2. The second-order valence-corrected chi connectivity index (χ2v) is 15.0. The maximum atomic E-state index is 13.0. The maximum absolute atomic E-state index is 13.0. The van der Waals surface area contributed by atoms with Crippen molar-refractivity contribution in [2.75, 3.05) is 32.7 Å². The lowest BCUT2D eigenvalue weighted by Crippen LogP contribution is -2.37. The van der Waals surface area contributed by atoms with E-state index in [9.17, 15) is 25.1 Å². The third kappa shape index (κ3) is 6.31. The Balaban J connectivity index is 1.04. The van der Waals surface area contributed by atoms with Crippen LogP contribution in [0.4, 0.5) is 0 Å². The highest BCUT2D eigenvalue weighted by molar-refractivity contribution is 7.15. The van der Waals surface area contributed by atoms with E-state index in [0.29, 0.717) is 81.2 Å². The van der Waals surface area contributed by atoms with Crippen LogP contribution in [-0.4, -0.2) is 85.6 Å². The zero-order chi connectivity index (χ0) is 35.4. The number of nitriles is 1. The van der Waals surface area contributed by atoms with Crippen LogP contribution in [0.1, 0.15) is 45.7 Å². The molecule has 8 rings (SSSR count). The number of oxazole rings is 1. The van der Waals surface area contributed by atoms with E-state index in [2.05, 4.69) is 49.1 Å². The average Bonchev–Trinajstić information content (AvgIpc) is 3.94. The number of fused-ring (bicyclic) bond motifs is 2. The van der Waals surface area contributed by atoms with E-state index in [1.807, 2.05) is 34.1 Å². The molecular formula is C39H38N6O5S. The van der Waals surface area contributed by atoms with Gasteiger partial charge in [-0.05, 0) is 79.3 Å². The Bertz CT molecular complexity index is 2210. The number of carbonyl (C=O) groups excluding carboxylic acids is 1. The van der Waals surface area contributed by atoms with E-state index >= 15 is 0 Å². The number of amides is 1. The van der Waals surface area contributed by atoms with Crippen molar-refractivity contribution in [2.45, 2.75) is 52.4 Å². The summed E-state index contributed by atoms with van der Waals surface area (Å²) in [5.41, 5.74) is 9.42. The molecular weight excluding hydrogens is 665 g/mol. The summed E-state index contributed by atoms with van der Waals surface area (Å²) in [5, 5.41) is 30.2. The van der Waals surface area contributed by atoms with Crippen molar-refractivity contribution in [3.63, 3.8) is 0 Å². The summed E-state index contributed by atoms with van der Waals surface area (Å²) in [6, 6.07) is 18.3. The standard InChI is InChI=1S/C39H38N6O5S/c1-22-28(5-3-7-30(22)37-41-32-14-24(13-26(15-40)36(32)50-37)16-43-11-9-25(17-43)39(48)49)29-6-4-8-31(23(29)2)38-42-33-19-45(20-34(33)51-38)35(47)21-44-12-10-27(46)18-44/h3-8,13-14,25,27,46H,9-12,16-21H2,1-2H3,(H,48,49). The average molecular weight is 703 g/mol. The van der Waals surface area contributed by atoms with Crippen molar-refractivity contribution in [1.82, 2.24) is 24.7 Å². The van der Waals surface area contributed by atoms with Gasteiger partial charge in [0.2, 0.25) is 11.8 Å². The van der Waals surface area contributed by atoms with Gasteiger partial charge in [-0.1, -0.05) is 30.3 Å². The minimum absolute atomic E-state index is 0.0744. The van der Waals surface area contributed by atoms with Crippen molar-refractivity contribution in [1.29, 1.82) is 5.26 Å². The lowest BCUT2D eigenvalue weighted by Gasteiger charge is -2.20. The molecule has 2 atom stereocenters. The number of carbonyl (C=O) groups is 2. The lowest BCUT2D eigenvalue weighted by atomic mass is 9.91. The predicted octanol–water partition coefficient (Wildman–Crippen LogP) is 5.59. The van der Waals surface area contributed by atoms with Crippen LogP contribution in [0.15, 0.2) is 52.9 Å². The molecule has 3 aliphatic rings. The van der Waals surface area contributed by atoms with Gasteiger partial charge >= 0.3 is 5.97 Å². The number of aliphatic carboxylic acids is 1. The number of hydrogen-bond acceptors (Lipinski definition) is 10. The van der Waals surface area contributed by atoms with Gasteiger partial charge in [0.05, 0.1) is 42.9 Å². The predicted molar refractivity (Wildman–Crippen MR) is 193 cm³/mol. The van der Waals surface area contributed by atoms with Crippen LogP contribution >= 0.6 is 11.3 Å². The Morgan fingerprint density at radius 3 is 2.37 bits per heavy atom. The first-order valence-corrected chi connectivity index (χ1v) is 18.1. The summed E-state index contributed by atoms with van der Waals surface area (Å²) in [4.78, 5) is 41.4. The quantitative estimate of drug-likeness (QED) is 0.210. The number of rotatable bonds is 8. The number of aromatic nitrogens is 2. The first kappa shape index (κ1) is 33.2. The summed E-state index contributed by atoms with van der Waals surface area (Å²) in [7, 11) is 0. The van der Waals surface area contributed by atoms with Gasteiger partial charge in [-0.2, -0.15) is 5.26 Å². The summed E-state index contributed by atoms with van der Waals surface area (Å²) >= 11 is 1.64. The smallest absolute Gasteiger partial charge is 0.307 e. The largest absolute Gasteiger partial charge is 0.481 e. The summed E-state index contributed by atoms with van der Waals surface area (Å²) in [6.45, 7) is 8.60. The molecule has 2 saturated heterocycles. The fraction of sp³-hybridized carbons (Fsp3) is 0.359. The van der Waals surface area contributed by atoms with Crippen LogP contribution in [0.3, 0.4) is 0 Å². The van der Waals surface area contributed by atoms with Crippen molar-refractivity contribution in [2.24, 2.45) is 5.92 Å². The fourth-order valence-corrected chi connectivity index (χ4v) is 8.88. The molecule has 5 aromatic rings. The first-order valence-electron chi connectivity index (χ1n) is 17.3. The number of carboxylic acids is 1. The van der Waals surface area contributed by atoms with Crippen LogP contribution in [0.5, 0.6) is 0 Å². The topological polar surface area (TPSA) is 147 Å². The van der Waals surface area contributed by atoms with Gasteiger partial charge in [0.1, 0.15) is 16.6 Å². The number of carboxylic acid groups (broad SMARTS) is 1. The maximum Gasteiger partial charge on any atom is 0.307 e. The molecule has 260 valence electrons. The molecule has 3 aliphatic heterocycles. The fourth-order valence-electron chi connectivity index (χ4n) is 7.71. The van der Waals surface area contributed by atoms with Crippen molar-refractivity contribution >= 4 is 34.3 Å². The monoisotopic (exact) mass is 702 g/mol. The molecule has 3 aromatic carbocycles. The molecule has 0 saturated carbocycles. The van der Waals surface area contributed by atoms with E-state index in [0.717, 1.165) is 61.1 Å². The zero-order valence-electron chi connectivity index (χ0n) is 28.6. The highest BCUT2D eigenvalue weighted by atomic mass is 32.1. The van der Waals surface area contributed by atoms with Crippen LogP contribution in [0.25, 0.3) is 44.3 Å². The molecule has 2 fully saturated rings.